The molecule has 1 atom stereocenters. The molecule has 1 unspecified atom stereocenters. The van der Waals surface area contributed by atoms with Crippen LogP contribution in [0, 0.1) is 0 Å². The Bertz CT molecular complexity index is 251. The summed E-state index contributed by atoms with van der Waals surface area (Å²) in [5.41, 5.74) is 0.0643. The molecule has 0 aromatic carbocycles. The summed E-state index contributed by atoms with van der Waals surface area (Å²) in [5.74, 6) is 1.78. The van der Waals surface area contributed by atoms with Crippen LogP contribution in [-0.2, 0) is 9.47 Å². The van der Waals surface area contributed by atoms with Gasteiger partial charge in [-0.1, -0.05) is 6.08 Å². The lowest BCUT2D eigenvalue weighted by molar-refractivity contribution is 0.203. The molecule has 0 bridgehead atoms. The molecule has 2 rings (SSSR count). The number of ether oxygens (including phenoxy) is 2. The average Bonchev–Trinajstić information content (AvgIpc) is 2.85. The third-order valence-corrected chi connectivity index (χ3v) is 2.42. The first-order valence-electron chi connectivity index (χ1n) is 4.07. The van der Waals surface area contributed by atoms with Gasteiger partial charge in [-0.05, 0) is 12.5 Å². The van der Waals surface area contributed by atoms with Gasteiger partial charge in [0.2, 0.25) is 0 Å². The zero-order valence-corrected chi connectivity index (χ0v) is 7.39. The van der Waals surface area contributed by atoms with Gasteiger partial charge in [-0.15, -0.1) is 0 Å². The van der Waals surface area contributed by atoms with Gasteiger partial charge >= 0.3 is 0 Å². The summed E-state index contributed by atoms with van der Waals surface area (Å²) >= 11 is 0. The number of hydrogen-bond donors (Lipinski definition) is 1. The first kappa shape index (κ1) is 7.68. The largest absolute Gasteiger partial charge is 0.495 e. The van der Waals surface area contributed by atoms with Crippen molar-refractivity contribution in [1.29, 1.82) is 0 Å². The van der Waals surface area contributed by atoms with Crippen LogP contribution in [0.2, 0.25) is 0 Å². The summed E-state index contributed by atoms with van der Waals surface area (Å²) < 4.78 is 10.5. The zero-order chi connectivity index (χ0) is 8.60. The van der Waals surface area contributed by atoms with E-state index in [1.165, 1.54) is 0 Å². The first-order valence-corrected chi connectivity index (χ1v) is 4.07. The van der Waals surface area contributed by atoms with Crippen molar-refractivity contribution in [2.75, 3.05) is 20.8 Å². The summed E-state index contributed by atoms with van der Waals surface area (Å²) in [5, 5.41) is 3.30. The Kier molecular flexibility index (Phi) is 1.61. The van der Waals surface area contributed by atoms with E-state index < -0.39 is 0 Å². The van der Waals surface area contributed by atoms with Gasteiger partial charge in [0.05, 0.1) is 19.8 Å². The molecule has 0 saturated carbocycles. The van der Waals surface area contributed by atoms with Crippen molar-refractivity contribution in [3.63, 3.8) is 0 Å². The van der Waals surface area contributed by atoms with E-state index in [2.05, 4.69) is 11.4 Å². The number of allylic oxidation sites excluding steroid dienone is 1. The topological polar surface area (TPSA) is 40.4 Å². The molecule has 1 aliphatic heterocycles. The number of hydrogen-bond acceptors (Lipinski definition) is 3. The maximum Gasteiger partial charge on any atom is 0.159 e. The van der Waals surface area contributed by atoms with Crippen LogP contribution in [-0.4, -0.2) is 26.3 Å². The predicted molar refractivity (Wildman–Crippen MR) is 45.5 cm³/mol. The average molecular weight is 167 g/mol. The monoisotopic (exact) mass is 167 g/mol. The van der Waals surface area contributed by atoms with Crippen LogP contribution < -0.4 is 5.32 Å². The molecule has 0 aromatic rings. The highest BCUT2D eigenvalue weighted by atomic mass is 16.5. The Hall–Kier alpha value is -0.960. The first-order chi connectivity index (χ1) is 5.82. The number of methoxy groups -OCH3 is 2. The minimum Gasteiger partial charge on any atom is -0.495 e. The van der Waals surface area contributed by atoms with Crippen LogP contribution >= 0.6 is 0 Å². The summed E-state index contributed by atoms with van der Waals surface area (Å²) in [6.07, 6.45) is 5.08. The van der Waals surface area contributed by atoms with E-state index >= 15 is 0 Å². The maximum absolute atomic E-state index is 5.31. The van der Waals surface area contributed by atoms with Crippen LogP contribution in [0.4, 0.5) is 0 Å². The molecule has 1 aliphatic carbocycles. The highest BCUT2D eigenvalue weighted by Gasteiger charge is 2.49. The van der Waals surface area contributed by atoms with Crippen molar-refractivity contribution >= 4 is 0 Å². The van der Waals surface area contributed by atoms with Crippen molar-refractivity contribution in [3.05, 3.63) is 23.7 Å². The van der Waals surface area contributed by atoms with Gasteiger partial charge in [-0.2, -0.15) is 0 Å². The molecule has 1 spiro atoms. The van der Waals surface area contributed by atoms with Crippen LogP contribution in [0.15, 0.2) is 23.7 Å². The second kappa shape index (κ2) is 2.52. The SMILES string of the molecule is COC1=C(OC)C2(CC=C1)CN2. The molecular weight excluding hydrogens is 154 g/mol. The van der Waals surface area contributed by atoms with Crippen LogP contribution in [0.5, 0.6) is 0 Å². The lowest BCUT2D eigenvalue weighted by Gasteiger charge is -2.20. The minimum atomic E-state index is 0.0643. The quantitative estimate of drug-likeness (QED) is 0.618. The Balaban J connectivity index is 2.33. The Labute approximate surface area is 72.0 Å². The smallest absolute Gasteiger partial charge is 0.159 e. The molecule has 2 aliphatic rings. The molecule has 1 N–H and O–H groups in total. The number of nitrogens with one attached hydrogen (secondary N) is 1. The van der Waals surface area contributed by atoms with E-state index in [1.54, 1.807) is 14.2 Å². The van der Waals surface area contributed by atoms with Gasteiger partial charge in [-0.3, -0.25) is 0 Å². The van der Waals surface area contributed by atoms with Crippen LogP contribution in [0.3, 0.4) is 0 Å². The Morgan fingerprint density at radius 2 is 2.17 bits per heavy atom. The van der Waals surface area contributed by atoms with Crippen molar-refractivity contribution in [2.45, 2.75) is 12.0 Å². The molecule has 1 saturated heterocycles. The molecule has 1 heterocycles. The lowest BCUT2D eigenvalue weighted by atomic mass is 9.97. The summed E-state index contributed by atoms with van der Waals surface area (Å²) in [6, 6.07) is 0. The standard InChI is InChI=1S/C9H13NO2/c1-11-7-4-3-5-9(6-10-9)8(7)12-2/h3-4,10H,5-6H2,1-2H3. The Morgan fingerprint density at radius 1 is 1.42 bits per heavy atom. The van der Waals surface area contributed by atoms with Gasteiger partial charge < -0.3 is 14.8 Å². The molecule has 66 valence electrons. The van der Waals surface area contributed by atoms with Crippen LogP contribution in [0.25, 0.3) is 0 Å². The molecule has 12 heavy (non-hydrogen) atoms. The van der Waals surface area contributed by atoms with E-state index in [0.717, 1.165) is 24.5 Å². The van der Waals surface area contributed by atoms with Crippen molar-refractivity contribution < 1.29 is 9.47 Å². The van der Waals surface area contributed by atoms with E-state index in [9.17, 15) is 0 Å². The highest BCUT2D eigenvalue weighted by Crippen LogP contribution is 2.37. The maximum atomic E-state index is 5.31. The summed E-state index contributed by atoms with van der Waals surface area (Å²) in [6.45, 7) is 0.993. The van der Waals surface area contributed by atoms with E-state index in [1.807, 2.05) is 6.08 Å². The number of rotatable bonds is 2. The third-order valence-electron chi connectivity index (χ3n) is 2.42. The third kappa shape index (κ3) is 0.932. The molecule has 3 nitrogen and oxygen atoms in total. The van der Waals surface area contributed by atoms with E-state index in [-0.39, 0.29) is 5.54 Å². The highest BCUT2D eigenvalue weighted by molar-refractivity contribution is 5.37. The summed E-state index contributed by atoms with van der Waals surface area (Å²) in [7, 11) is 3.36. The molecule has 0 radical (unpaired) electrons. The Morgan fingerprint density at radius 3 is 2.67 bits per heavy atom. The predicted octanol–water partition coefficient (Wildman–Crippen LogP) is 0.793. The summed E-state index contributed by atoms with van der Waals surface area (Å²) in [4.78, 5) is 0. The second-order valence-electron chi connectivity index (χ2n) is 3.14. The normalized spacial score (nSPS) is 32.5. The van der Waals surface area contributed by atoms with Gasteiger partial charge in [0.25, 0.3) is 0 Å². The van der Waals surface area contributed by atoms with Crippen molar-refractivity contribution in [2.24, 2.45) is 0 Å². The zero-order valence-electron chi connectivity index (χ0n) is 7.39. The molecule has 0 amide bonds. The lowest BCUT2D eigenvalue weighted by Crippen LogP contribution is -2.23. The fourth-order valence-corrected chi connectivity index (χ4v) is 1.64. The van der Waals surface area contributed by atoms with Gasteiger partial charge in [0, 0.05) is 6.54 Å². The minimum absolute atomic E-state index is 0.0643. The van der Waals surface area contributed by atoms with Gasteiger partial charge in [-0.25, -0.2) is 0 Å². The molecule has 3 heteroatoms. The van der Waals surface area contributed by atoms with Gasteiger partial charge in [0.1, 0.15) is 0 Å². The molecule has 0 aromatic heterocycles. The second-order valence-corrected chi connectivity index (χ2v) is 3.14. The van der Waals surface area contributed by atoms with E-state index in [0.29, 0.717) is 0 Å². The van der Waals surface area contributed by atoms with E-state index in [4.69, 9.17) is 9.47 Å². The molecular formula is C9H13NO2. The fraction of sp³-hybridized carbons (Fsp3) is 0.556. The van der Waals surface area contributed by atoms with Crippen LogP contribution in [0.1, 0.15) is 6.42 Å². The fourth-order valence-electron chi connectivity index (χ4n) is 1.64. The van der Waals surface area contributed by atoms with Crippen molar-refractivity contribution in [3.8, 4) is 0 Å². The van der Waals surface area contributed by atoms with Crippen molar-refractivity contribution in [1.82, 2.24) is 5.32 Å². The molecule has 1 fully saturated rings. The van der Waals surface area contributed by atoms with Gasteiger partial charge in [0.15, 0.2) is 11.5 Å².